The fraction of sp³-hybridized carbons (Fsp3) is 0.238. The Morgan fingerprint density at radius 1 is 1.13 bits per heavy atom. The van der Waals surface area contributed by atoms with E-state index in [-0.39, 0.29) is 30.4 Å². The minimum Gasteiger partial charge on any atom is -0.493 e. The Morgan fingerprint density at radius 2 is 1.90 bits per heavy atom. The van der Waals surface area contributed by atoms with Gasteiger partial charge in [0, 0.05) is 17.7 Å². The third kappa shape index (κ3) is 6.03. The Hall–Kier alpha value is -2.94. The summed E-state index contributed by atoms with van der Waals surface area (Å²) in [5.41, 5.74) is 1.11. The van der Waals surface area contributed by atoms with Crippen LogP contribution in [0.5, 0.6) is 5.75 Å². The van der Waals surface area contributed by atoms with Gasteiger partial charge in [0.1, 0.15) is 5.75 Å². The molecule has 0 spiro atoms. The molecule has 3 aromatic rings. The maximum atomic E-state index is 13.3. The molecular weight excluding hydrogens is 419 g/mol. The maximum Gasteiger partial charge on any atom is 0.451 e. The molecule has 0 bridgehead atoms. The van der Waals surface area contributed by atoms with E-state index in [9.17, 15) is 18.0 Å². The van der Waals surface area contributed by atoms with E-state index < -0.39 is 17.9 Å². The topological polar surface area (TPSA) is 72.6 Å². The number of aromatic nitrogens is 1. The number of carboxylic acids is 1. The van der Waals surface area contributed by atoms with Crippen molar-refractivity contribution in [2.45, 2.75) is 18.3 Å². The Balaban J connectivity index is 1.66. The largest absolute Gasteiger partial charge is 0.493 e. The van der Waals surface area contributed by atoms with Crippen LogP contribution in [0.1, 0.15) is 17.0 Å². The van der Waals surface area contributed by atoms with Crippen molar-refractivity contribution in [1.29, 1.82) is 0 Å². The molecule has 158 valence electrons. The maximum absolute atomic E-state index is 13.3. The monoisotopic (exact) mass is 437 g/mol. The molecule has 2 aromatic carbocycles. The zero-order valence-electron chi connectivity index (χ0n) is 15.7. The number of hydrogen-bond acceptors (Lipinski definition) is 5. The van der Waals surface area contributed by atoms with Gasteiger partial charge in [0.05, 0.1) is 18.1 Å². The van der Waals surface area contributed by atoms with Crippen molar-refractivity contribution < 1.29 is 32.2 Å². The summed E-state index contributed by atoms with van der Waals surface area (Å²) in [5.74, 6) is -1.13. The minimum atomic E-state index is -4.66. The number of ether oxygens (including phenoxy) is 1. The summed E-state index contributed by atoms with van der Waals surface area (Å²) in [4.78, 5) is 14.6. The van der Waals surface area contributed by atoms with Gasteiger partial charge in [-0.25, -0.2) is 4.98 Å². The summed E-state index contributed by atoms with van der Waals surface area (Å²) in [6.07, 6.45) is -4.74. The number of carboxylic acid groups (broad SMARTS) is 1. The molecular formula is C21H18F3NO4S. The second kappa shape index (κ2) is 9.71. The lowest BCUT2D eigenvalue weighted by molar-refractivity contribution is -0.153. The molecule has 0 radical (unpaired) electrons. The third-order valence-corrected chi connectivity index (χ3v) is 4.96. The number of oxazole rings is 1. The third-order valence-electron chi connectivity index (χ3n) is 3.98. The van der Waals surface area contributed by atoms with E-state index in [1.54, 1.807) is 48.5 Å². The highest BCUT2D eigenvalue weighted by Crippen LogP contribution is 2.35. The van der Waals surface area contributed by atoms with E-state index in [2.05, 4.69) is 4.98 Å². The van der Waals surface area contributed by atoms with Crippen LogP contribution in [-0.4, -0.2) is 28.4 Å². The number of halogens is 3. The van der Waals surface area contributed by atoms with Gasteiger partial charge >= 0.3 is 12.1 Å². The van der Waals surface area contributed by atoms with Crippen LogP contribution in [-0.2, 0) is 23.1 Å². The number of aliphatic carboxylic acids is 1. The highest BCUT2D eigenvalue weighted by atomic mass is 32.2. The van der Waals surface area contributed by atoms with E-state index in [1.807, 2.05) is 6.07 Å². The highest BCUT2D eigenvalue weighted by molar-refractivity contribution is 7.99. The van der Waals surface area contributed by atoms with Crippen LogP contribution in [0.25, 0.3) is 11.5 Å². The van der Waals surface area contributed by atoms with E-state index in [4.69, 9.17) is 14.3 Å². The Morgan fingerprint density at radius 3 is 2.60 bits per heavy atom. The van der Waals surface area contributed by atoms with Gasteiger partial charge in [0.25, 0.3) is 0 Å². The van der Waals surface area contributed by atoms with Crippen molar-refractivity contribution in [3.63, 3.8) is 0 Å². The fourth-order valence-corrected chi connectivity index (χ4v) is 3.39. The predicted molar refractivity (Wildman–Crippen MR) is 106 cm³/mol. The number of hydrogen-bond donors (Lipinski definition) is 1. The molecule has 9 heteroatoms. The Labute approximate surface area is 174 Å². The summed E-state index contributed by atoms with van der Waals surface area (Å²) in [6.45, 7) is -0.0183. The van der Waals surface area contributed by atoms with Gasteiger partial charge in [-0.2, -0.15) is 13.2 Å². The van der Waals surface area contributed by atoms with Crippen LogP contribution in [0, 0.1) is 0 Å². The molecule has 3 rings (SSSR count). The first kappa shape index (κ1) is 21.8. The first-order chi connectivity index (χ1) is 14.3. The van der Waals surface area contributed by atoms with Crippen LogP contribution < -0.4 is 4.74 Å². The van der Waals surface area contributed by atoms with Crippen LogP contribution in [0.15, 0.2) is 59.0 Å². The van der Waals surface area contributed by atoms with Gasteiger partial charge in [-0.1, -0.05) is 30.3 Å². The number of alkyl halides is 3. The van der Waals surface area contributed by atoms with E-state index in [0.29, 0.717) is 17.1 Å². The lowest BCUT2D eigenvalue weighted by atomic mass is 10.2. The second-order valence-corrected chi connectivity index (χ2v) is 7.28. The standard InChI is InChI=1S/C21H18F3NO4S/c22-21(23,24)19-17(25-20(29-19)15-6-2-1-3-7-15)9-10-28-16-8-4-5-14(11-16)12-30-13-18(26)27/h1-8,11H,9-10,12-13H2,(H,26,27). The van der Waals surface area contributed by atoms with Crippen LogP contribution in [0.4, 0.5) is 13.2 Å². The van der Waals surface area contributed by atoms with Crippen LogP contribution in [0.2, 0.25) is 0 Å². The van der Waals surface area contributed by atoms with E-state index in [1.165, 1.54) is 11.8 Å². The van der Waals surface area contributed by atoms with Crippen LogP contribution in [0.3, 0.4) is 0 Å². The van der Waals surface area contributed by atoms with E-state index in [0.717, 1.165) is 5.56 Å². The van der Waals surface area contributed by atoms with Crippen molar-refractivity contribution in [1.82, 2.24) is 4.98 Å². The summed E-state index contributed by atoms with van der Waals surface area (Å²) in [5, 5.41) is 8.69. The van der Waals surface area contributed by atoms with Gasteiger partial charge in [0.15, 0.2) is 0 Å². The number of carbonyl (C=O) groups is 1. The highest BCUT2D eigenvalue weighted by Gasteiger charge is 2.39. The number of nitrogens with zero attached hydrogens (tertiary/aromatic N) is 1. The van der Waals surface area contributed by atoms with Crippen molar-refractivity contribution in [2.75, 3.05) is 12.4 Å². The SMILES string of the molecule is O=C(O)CSCc1cccc(OCCc2nc(-c3ccccc3)oc2C(F)(F)F)c1. The zero-order valence-corrected chi connectivity index (χ0v) is 16.5. The van der Waals surface area contributed by atoms with Gasteiger partial charge in [-0.05, 0) is 29.8 Å². The number of benzene rings is 2. The minimum absolute atomic E-state index is 0.0127. The molecule has 0 amide bonds. The second-order valence-electron chi connectivity index (χ2n) is 6.29. The smallest absolute Gasteiger partial charge is 0.451 e. The summed E-state index contributed by atoms with van der Waals surface area (Å²) < 4.78 is 50.6. The van der Waals surface area contributed by atoms with Crippen molar-refractivity contribution in [2.24, 2.45) is 0 Å². The fourth-order valence-electron chi connectivity index (χ4n) is 2.69. The van der Waals surface area contributed by atoms with Crippen LogP contribution >= 0.6 is 11.8 Å². The molecule has 30 heavy (non-hydrogen) atoms. The molecule has 0 fully saturated rings. The molecule has 0 saturated carbocycles. The average molecular weight is 437 g/mol. The van der Waals surface area contributed by atoms with Crippen molar-refractivity contribution >= 4 is 17.7 Å². The molecule has 0 atom stereocenters. The lowest BCUT2D eigenvalue weighted by Gasteiger charge is -2.08. The lowest BCUT2D eigenvalue weighted by Crippen LogP contribution is -2.10. The molecule has 5 nitrogen and oxygen atoms in total. The molecule has 0 unspecified atom stereocenters. The summed E-state index contributed by atoms with van der Waals surface area (Å²) in [7, 11) is 0. The summed E-state index contributed by atoms with van der Waals surface area (Å²) >= 11 is 1.25. The number of rotatable bonds is 9. The number of thioether (sulfide) groups is 1. The Bertz CT molecular complexity index is 989. The zero-order chi connectivity index (χ0) is 21.6. The molecule has 0 aliphatic carbocycles. The quantitative estimate of drug-likeness (QED) is 0.490. The Kier molecular flexibility index (Phi) is 7.04. The molecule has 0 aliphatic heterocycles. The average Bonchev–Trinajstić information content (AvgIpc) is 3.14. The molecule has 0 aliphatic rings. The van der Waals surface area contributed by atoms with Crippen molar-refractivity contribution in [3.05, 3.63) is 71.6 Å². The molecule has 1 heterocycles. The van der Waals surface area contributed by atoms with E-state index >= 15 is 0 Å². The normalized spacial score (nSPS) is 11.4. The molecule has 1 N–H and O–H groups in total. The van der Waals surface area contributed by atoms with Gasteiger partial charge in [-0.15, -0.1) is 11.8 Å². The van der Waals surface area contributed by atoms with Gasteiger partial charge < -0.3 is 14.3 Å². The van der Waals surface area contributed by atoms with Gasteiger partial charge in [0.2, 0.25) is 11.7 Å². The molecule has 1 aromatic heterocycles. The molecule has 0 saturated heterocycles. The van der Waals surface area contributed by atoms with Crippen molar-refractivity contribution in [3.8, 4) is 17.2 Å². The first-order valence-corrected chi connectivity index (χ1v) is 10.1. The first-order valence-electron chi connectivity index (χ1n) is 8.96. The predicted octanol–water partition coefficient (Wildman–Crippen LogP) is 5.30. The summed E-state index contributed by atoms with van der Waals surface area (Å²) in [6, 6.07) is 15.4. The van der Waals surface area contributed by atoms with Gasteiger partial charge in [-0.3, -0.25) is 4.79 Å².